The minimum absolute atomic E-state index is 0.0277. The van der Waals surface area contributed by atoms with Crippen LogP contribution in [0.4, 0.5) is 4.79 Å². The first-order valence-corrected chi connectivity index (χ1v) is 6.52. The fraction of sp³-hybridized carbons (Fsp3) is 0.833. The quantitative estimate of drug-likeness (QED) is 0.706. The van der Waals surface area contributed by atoms with Crippen molar-refractivity contribution < 1.29 is 19.8 Å². The predicted octanol–water partition coefficient (Wildman–Crippen LogP) is -0.489. The number of carboxylic acids is 1. The van der Waals surface area contributed by atoms with Gasteiger partial charge in [-0.1, -0.05) is 0 Å². The molecule has 19 heavy (non-hydrogen) atoms. The third-order valence-electron chi connectivity index (χ3n) is 3.21. The number of carboxylic acid groups (broad SMARTS) is 1. The summed E-state index contributed by atoms with van der Waals surface area (Å²) in [6.45, 7) is 4.51. The lowest BCUT2D eigenvalue weighted by Crippen LogP contribution is -2.53. The van der Waals surface area contributed by atoms with Gasteiger partial charge in [0.05, 0.1) is 12.6 Å². The van der Waals surface area contributed by atoms with Crippen molar-refractivity contribution in [2.24, 2.45) is 0 Å². The van der Waals surface area contributed by atoms with Crippen molar-refractivity contribution in [3.63, 3.8) is 0 Å². The van der Waals surface area contributed by atoms with Crippen LogP contribution < -0.4 is 0 Å². The first kappa shape index (κ1) is 15.7. The van der Waals surface area contributed by atoms with Gasteiger partial charge in [0.15, 0.2) is 0 Å². The van der Waals surface area contributed by atoms with Crippen LogP contribution in [0.5, 0.6) is 0 Å². The van der Waals surface area contributed by atoms with Gasteiger partial charge in [-0.05, 0) is 13.3 Å². The number of hydrogen-bond acceptors (Lipinski definition) is 4. The number of urea groups is 1. The Morgan fingerprint density at radius 3 is 2.32 bits per heavy atom. The molecule has 1 aliphatic heterocycles. The van der Waals surface area contributed by atoms with Gasteiger partial charge in [0.25, 0.3) is 0 Å². The average molecular weight is 273 g/mol. The molecule has 7 heteroatoms. The molecule has 0 aliphatic carbocycles. The van der Waals surface area contributed by atoms with E-state index in [0.29, 0.717) is 39.1 Å². The molecule has 0 saturated carbocycles. The molecule has 2 N–H and O–H groups in total. The van der Waals surface area contributed by atoms with Crippen LogP contribution in [0.2, 0.25) is 0 Å². The number of carbonyl (C=O) groups excluding carboxylic acids is 1. The number of piperazine rings is 1. The Balaban J connectivity index is 2.33. The Bertz CT molecular complexity index is 314. The molecule has 1 rings (SSSR count). The zero-order valence-corrected chi connectivity index (χ0v) is 11.6. The largest absolute Gasteiger partial charge is 0.480 e. The minimum Gasteiger partial charge on any atom is -0.480 e. The zero-order chi connectivity index (χ0) is 14.4. The summed E-state index contributed by atoms with van der Waals surface area (Å²) < 4.78 is 0. The van der Waals surface area contributed by atoms with E-state index in [4.69, 9.17) is 5.11 Å². The maximum atomic E-state index is 12.1. The Morgan fingerprint density at radius 2 is 1.84 bits per heavy atom. The summed E-state index contributed by atoms with van der Waals surface area (Å²) in [5.74, 6) is -0.839. The molecule has 1 saturated heterocycles. The second-order valence-corrected chi connectivity index (χ2v) is 5.00. The average Bonchev–Trinajstić information content (AvgIpc) is 2.35. The fourth-order valence-electron chi connectivity index (χ4n) is 2.01. The highest BCUT2D eigenvalue weighted by molar-refractivity contribution is 5.74. The molecule has 0 aromatic carbocycles. The van der Waals surface area contributed by atoms with E-state index in [2.05, 4.69) is 0 Å². The van der Waals surface area contributed by atoms with Crippen LogP contribution in [0.15, 0.2) is 0 Å². The van der Waals surface area contributed by atoms with Crippen molar-refractivity contribution in [2.75, 3.05) is 46.3 Å². The number of aliphatic hydroxyl groups is 1. The van der Waals surface area contributed by atoms with E-state index < -0.39 is 12.1 Å². The van der Waals surface area contributed by atoms with Crippen LogP contribution in [-0.4, -0.2) is 89.3 Å². The van der Waals surface area contributed by atoms with Crippen LogP contribution in [-0.2, 0) is 4.79 Å². The molecule has 0 spiro atoms. The summed E-state index contributed by atoms with van der Waals surface area (Å²) >= 11 is 0. The number of amides is 2. The highest BCUT2D eigenvalue weighted by Gasteiger charge is 2.24. The summed E-state index contributed by atoms with van der Waals surface area (Å²) in [5, 5.41) is 17.9. The fourth-order valence-corrected chi connectivity index (χ4v) is 2.01. The second-order valence-electron chi connectivity index (χ2n) is 5.00. The minimum atomic E-state index is -0.839. The molecule has 0 aromatic rings. The first-order valence-electron chi connectivity index (χ1n) is 6.52. The summed E-state index contributed by atoms with van der Waals surface area (Å²) in [7, 11) is 1.72. The van der Waals surface area contributed by atoms with E-state index in [9.17, 15) is 14.7 Å². The van der Waals surface area contributed by atoms with Gasteiger partial charge in [-0.3, -0.25) is 9.69 Å². The third kappa shape index (κ3) is 5.44. The summed E-state index contributed by atoms with van der Waals surface area (Å²) in [5.41, 5.74) is 0. The standard InChI is InChI=1S/C12H23N3O4/c1-10(16)3-4-13(2)12(19)15-7-5-14(6-8-15)9-11(17)18/h10,16H,3-9H2,1-2H3,(H,17,18). The molecule has 0 radical (unpaired) electrons. The lowest BCUT2D eigenvalue weighted by atomic mass is 10.3. The topological polar surface area (TPSA) is 84.3 Å². The van der Waals surface area contributed by atoms with Crippen LogP contribution in [0.1, 0.15) is 13.3 Å². The molecule has 1 fully saturated rings. The zero-order valence-electron chi connectivity index (χ0n) is 11.6. The van der Waals surface area contributed by atoms with E-state index in [1.807, 2.05) is 4.90 Å². The van der Waals surface area contributed by atoms with E-state index in [1.54, 1.807) is 23.8 Å². The third-order valence-corrected chi connectivity index (χ3v) is 3.21. The predicted molar refractivity (Wildman–Crippen MR) is 70.0 cm³/mol. The summed E-state index contributed by atoms with van der Waals surface area (Å²) in [4.78, 5) is 27.8. The van der Waals surface area contributed by atoms with Crippen molar-refractivity contribution in [3.8, 4) is 0 Å². The van der Waals surface area contributed by atoms with E-state index in [1.165, 1.54) is 0 Å². The first-order chi connectivity index (χ1) is 8.90. The smallest absolute Gasteiger partial charge is 0.319 e. The van der Waals surface area contributed by atoms with Crippen LogP contribution >= 0.6 is 0 Å². The molecule has 1 heterocycles. The second kappa shape index (κ2) is 7.30. The van der Waals surface area contributed by atoms with Gasteiger partial charge in [0.2, 0.25) is 0 Å². The monoisotopic (exact) mass is 273 g/mol. The number of nitrogens with zero attached hydrogens (tertiary/aromatic N) is 3. The highest BCUT2D eigenvalue weighted by atomic mass is 16.4. The Morgan fingerprint density at radius 1 is 1.26 bits per heavy atom. The van der Waals surface area contributed by atoms with Gasteiger partial charge >= 0.3 is 12.0 Å². The number of aliphatic carboxylic acids is 1. The van der Waals surface area contributed by atoms with Crippen molar-refractivity contribution in [1.29, 1.82) is 0 Å². The summed E-state index contributed by atoms with van der Waals surface area (Å²) in [6, 6.07) is -0.0596. The van der Waals surface area contributed by atoms with Gasteiger partial charge < -0.3 is 20.0 Å². The molecule has 0 aromatic heterocycles. The summed E-state index contributed by atoms with van der Waals surface area (Å²) in [6.07, 6.45) is 0.143. The number of rotatable bonds is 5. The molecule has 1 unspecified atom stereocenters. The normalized spacial score (nSPS) is 18.2. The van der Waals surface area contributed by atoms with Crippen LogP contribution in [0, 0.1) is 0 Å². The maximum Gasteiger partial charge on any atom is 0.319 e. The van der Waals surface area contributed by atoms with Gasteiger partial charge in [-0.2, -0.15) is 0 Å². The van der Waals surface area contributed by atoms with Gasteiger partial charge in [-0.25, -0.2) is 4.79 Å². The van der Waals surface area contributed by atoms with Crippen molar-refractivity contribution in [2.45, 2.75) is 19.4 Å². The van der Waals surface area contributed by atoms with Crippen LogP contribution in [0.25, 0.3) is 0 Å². The molecule has 1 aliphatic rings. The van der Waals surface area contributed by atoms with Gasteiger partial charge in [0.1, 0.15) is 0 Å². The molecule has 2 amide bonds. The molecule has 7 nitrogen and oxygen atoms in total. The molecule has 0 bridgehead atoms. The van der Waals surface area contributed by atoms with Gasteiger partial charge in [-0.15, -0.1) is 0 Å². The lowest BCUT2D eigenvalue weighted by molar-refractivity contribution is -0.138. The lowest BCUT2D eigenvalue weighted by Gasteiger charge is -2.36. The Hall–Kier alpha value is -1.34. The molecular weight excluding hydrogens is 250 g/mol. The highest BCUT2D eigenvalue weighted by Crippen LogP contribution is 2.05. The Kier molecular flexibility index (Phi) is 6.04. The van der Waals surface area contributed by atoms with Gasteiger partial charge in [0, 0.05) is 39.8 Å². The van der Waals surface area contributed by atoms with Crippen molar-refractivity contribution in [3.05, 3.63) is 0 Å². The van der Waals surface area contributed by atoms with Crippen LogP contribution in [0.3, 0.4) is 0 Å². The van der Waals surface area contributed by atoms with Crippen molar-refractivity contribution in [1.82, 2.24) is 14.7 Å². The van der Waals surface area contributed by atoms with E-state index in [-0.39, 0.29) is 12.6 Å². The number of carbonyl (C=O) groups is 2. The van der Waals surface area contributed by atoms with E-state index >= 15 is 0 Å². The van der Waals surface area contributed by atoms with E-state index in [0.717, 1.165) is 0 Å². The SMILES string of the molecule is CC(O)CCN(C)C(=O)N1CCN(CC(=O)O)CC1. The molecule has 110 valence electrons. The van der Waals surface area contributed by atoms with Crippen molar-refractivity contribution >= 4 is 12.0 Å². The molecular formula is C12H23N3O4. The number of hydrogen-bond donors (Lipinski definition) is 2. The Labute approximate surface area is 113 Å². The maximum absolute atomic E-state index is 12.1. The molecule has 1 atom stereocenters. The number of aliphatic hydroxyl groups excluding tert-OH is 1.